The Hall–Kier alpha value is -1.06. The molecule has 1 aromatic rings. The number of aromatic hydroxyl groups is 1. The van der Waals surface area contributed by atoms with Crippen LogP contribution < -0.4 is 0 Å². The van der Waals surface area contributed by atoms with Crippen molar-refractivity contribution in [2.45, 2.75) is 38.6 Å². The van der Waals surface area contributed by atoms with Crippen LogP contribution in [-0.4, -0.2) is 48.6 Å². The highest BCUT2D eigenvalue weighted by molar-refractivity contribution is 5.38. The van der Waals surface area contributed by atoms with E-state index in [0.29, 0.717) is 11.8 Å². The fourth-order valence-electron chi connectivity index (χ4n) is 3.19. The van der Waals surface area contributed by atoms with Crippen LogP contribution in [0.2, 0.25) is 0 Å². The van der Waals surface area contributed by atoms with Crippen molar-refractivity contribution in [3.63, 3.8) is 0 Å². The molecule has 3 nitrogen and oxygen atoms in total. The zero-order valence-corrected chi connectivity index (χ0v) is 13.1. The van der Waals surface area contributed by atoms with Crippen LogP contribution in [0, 0.1) is 0 Å². The monoisotopic (exact) mass is 276 g/mol. The van der Waals surface area contributed by atoms with Gasteiger partial charge in [-0.1, -0.05) is 13.0 Å². The number of nitrogens with zero attached hydrogens (tertiary/aromatic N) is 2. The zero-order chi connectivity index (χ0) is 14.5. The molecule has 1 N–H and O–H groups in total. The van der Waals surface area contributed by atoms with Crippen LogP contribution in [-0.2, 0) is 6.42 Å². The highest BCUT2D eigenvalue weighted by atomic mass is 16.3. The molecule has 112 valence electrons. The van der Waals surface area contributed by atoms with Gasteiger partial charge in [-0.25, -0.2) is 0 Å². The van der Waals surface area contributed by atoms with Crippen molar-refractivity contribution in [2.24, 2.45) is 0 Å². The van der Waals surface area contributed by atoms with Crippen LogP contribution >= 0.6 is 0 Å². The first-order valence-corrected chi connectivity index (χ1v) is 7.82. The molecule has 1 aliphatic rings. The van der Waals surface area contributed by atoms with E-state index in [1.807, 2.05) is 12.1 Å². The molecule has 0 amide bonds. The van der Waals surface area contributed by atoms with Crippen molar-refractivity contribution in [1.29, 1.82) is 0 Å². The fraction of sp³-hybridized carbons (Fsp3) is 0.647. The molecule has 3 heteroatoms. The Bertz CT molecular complexity index is 431. The van der Waals surface area contributed by atoms with E-state index in [4.69, 9.17) is 0 Å². The zero-order valence-electron chi connectivity index (χ0n) is 13.1. The van der Waals surface area contributed by atoms with Crippen LogP contribution in [0.25, 0.3) is 0 Å². The van der Waals surface area contributed by atoms with Gasteiger partial charge in [0.2, 0.25) is 0 Å². The maximum Gasteiger partial charge on any atom is 0.115 e. The molecule has 1 aromatic carbocycles. The van der Waals surface area contributed by atoms with E-state index < -0.39 is 0 Å². The van der Waals surface area contributed by atoms with Crippen molar-refractivity contribution >= 4 is 0 Å². The Labute approximate surface area is 123 Å². The molecule has 1 aliphatic carbocycles. The number of benzene rings is 1. The quantitative estimate of drug-likeness (QED) is 0.865. The van der Waals surface area contributed by atoms with Crippen molar-refractivity contribution in [3.8, 4) is 5.75 Å². The van der Waals surface area contributed by atoms with Crippen molar-refractivity contribution in [2.75, 3.05) is 33.7 Å². The lowest BCUT2D eigenvalue weighted by atomic mass is 9.86. The van der Waals surface area contributed by atoms with E-state index in [0.717, 1.165) is 26.1 Å². The number of rotatable bonds is 6. The number of likely N-dealkylation sites (N-methyl/N-ethyl adjacent to an activating group) is 1. The molecule has 0 heterocycles. The third kappa shape index (κ3) is 3.74. The van der Waals surface area contributed by atoms with Gasteiger partial charge in [0.25, 0.3) is 0 Å². The van der Waals surface area contributed by atoms with Gasteiger partial charge in [0, 0.05) is 19.1 Å². The summed E-state index contributed by atoms with van der Waals surface area (Å²) < 4.78 is 0. The predicted molar refractivity (Wildman–Crippen MR) is 84.2 cm³/mol. The first-order chi connectivity index (χ1) is 9.61. The molecule has 0 aliphatic heterocycles. The summed E-state index contributed by atoms with van der Waals surface area (Å²) in [4.78, 5) is 4.87. The molecule has 20 heavy (non-hydrogen) atoms. The summed E-state index contributed by atoms with van der Waals surface area (Å²) in [5.41, 5.74) is 2.77. The van der Waals surface area contributed by atoms with Crippen molar-refractivity contribution in [3.05, 3.63) is 29.3 Å². The molecule has 1 unspecified atom stereocenters. The Morgan fingerprint density at radius 1 is 1.20 bits per heavy atom. The minimum absolute atomic E-state index is 0.403. The summed E-state index contributed by atoms with van der Waals surface area (Å²) in [6.45, 7) is 5.62. The van der Waals surface area contributed by atoms with Crippen LogP contribution in [0.1, 0.15) is 43.4 Å². The summed E-state index contributed by atoms with van der Waals surface area (Å²) in [5, 5.41) is 9.67. The lowest BCUT2D eigenvalue weighted by Gasteiger charge is -2.36. The summed E-state index contributed by atoms with van der Waals surface area (Å²) in [6.07, 6.45) is 4.76. The highest BCUT2D eigenvalue weighted by Crippen LogP contribution is 2.35. The average molecular weight is 276 g/mol. The van der Waals surface area contributed by atoms with Gasteiger partial charge in [0.05, 0.1) is 0 Å². The second-order valence-corrected chi connectivity index (χ2v) is 6.13. The summed E-state index contributed by atoms with van der Waals surface area (Å²) >= 11 is 0. The van der Waals surface area contributed by atoms with E-state index in [1.165, 1.54) is 30.4 Å². The lowest BCUT2D eigenvalue weighted by Crippen LogP contribution is -2.37. The molecular weight excluding hydrogens is 248 g/mol. The first kappa shape index (κ1) is 15.3. The smallest absolute Gasteiger partial charge is 0.115 e. The minimum atomic E-state index is 0.403. The molecule has 0 spiro atoms. The van der Waals surface area contributed by atoms with Crippen LogP contribution in [0.3, 0.4) is 0 Å². The number of hydrogen-bond acceptors (Lipinski definition) is 3. The number of phenolic OH excluding ortho intramolecular Hbond substituents is 1. The molecule has 1 atom stereocenters. The number of fused-ring (bicyclic) bond motifs is 1. The third-order valence-corrected chi connectivity index (χ3v) is 4.20. The first-order valence-electron chi connectivity index (χ1n) is 7.82. The normalized spacial score (nSPS) is 18.6. The van der Waals surface area contributed by atoms with E-state index in [-0.39, 0.29) is 0 Å². The maximum absolute atomic E-state index is 9.67. The molecule has 0 saturated heterocycles. The van der Waals surface area contributed by atoms with Crippen LogP contribution in [0.15, 0.2) is 18.2 Å². The SMILES string of the molecule is CCCN(CCN(C)C)C1CCCc2cc(O)ccc21. The Balaban J connectivity index is 2.17. The second kappa shape index (κ2) is 7.09. The summed E-state index contributed by atoms with van der Waals surface area (Å²) in [5.74, 6) is 0.403. The molecule has 2 rings (SSSR count). The Morgan fingerprint density at radius 2 is 2.00 bits per heavy atom. The van der Waals surface area contributed by atoms with Crippen LogP contribution in [0.5, 0.6) is 5.75 Å². The summed E-state index contributed by atoms with van der Waals surface area (Å²) in [6, 6.07) is 6.46. The van der Waals surface area contributed by atoms with Crippen molar-refractivity contribution in [1.82, 2.24) is 9.80 Å². The van der Waals surface area contributed by atoms with Crippen molar-refractivity contribution < 1.29 is 5.11 Å². The second-order valence-electron chi connectivity index (χ2n) is 6.13. The highest BCUT2D eigenvalue weighted by Gasteiger charge is 2.25. The van der Waals surface area contributed by atoms with E-state index in [9.17, 15) is 5.11 Å². The Kier molecular flexibility index (Phi) is 5.44. The molecule has 0 fully saturated rings. The minimum Gasteiger partial charge on any atom is -0.508 e. The van der Waals surface area contributed by atoms with E-state index in [1.54, 1.807) is 0 Å². The predicted octanol–water partition coefficient (Wildman–Crippen LogP) is 3.04. The van der Waals surface area contributed by atoms with Gasteiger partial charge in [-0.3, -0.25) is 4.90 Å². The Morgan fingerprint density at radius 3 is 2.70 bits per heavy atom. The number of aryl methyl sites for hydroxylation is 1. The van der Waals surface area contributed by atoms with Crippen LogP contribution in [0.4, 0.5) is 0 Å². The molecule has 0 aromatic heterocycles. The average Bonchev–Trinajstić information content (AvgIpc) is 2.42. The molecule has 0 radical (unpaired) electrons. The van der Waals surface area contributed by atoms with Gasteiger partial charge >= 0.3 is 0 Å². The van der Waals surface area contributed by atoms with Gasteiger partial charge in [0.15, 0.2) is 0 Å². The fourth-order valence-corrected chi connectivity index (χ4v) is 3.19. The molecule has 0 saturated carbocycles. The van der Waals surface area contributed by atoms with Gasteiger partial charge in [0.1, 0.15) is 5.75 Å². The van der Waals surface area contributed by atoms with Gasteiger partial charge in [-0.15, -0.1) is 0 Å². The topological polar surface area (TPSA) is 26.7 Å². The largest absolute Gasteiger partial charge is 0.508 e. The standard InChI is InChI=1S/C17H28N2O/c1-4-10-19(12-11-18(2)3)17-7-5-6-14-13-15(20)8-9-16(14)17/h8-9,13,17,20H,4-7,10-12H2,1-3H3. The number of hydrogen-bond donors (Lipinski definition) is 1. The van der Waals surface area contributed by atoms with Gasteiger partial charge in [-0.2, -0.15) is 0 Å². The van der Waals surface area contributed by atoms with E-state index in [2.05, 4.69) is 36.9 Å². The lowest BCUT2D eigenvalue weighted by molar-refractivity contribution is 0.163. The van der Waals surface area contributed by atoms with E-state index >= 15 is 0 Å². The maximum atomic E-state index is 9.67. The summed E-state index contributed by atoms with van der Waals surface area (Å²) in [7, 11) is 4.27. The van der Waals surface area contributed by atoms with Gasteiger partial charge < -0.3 is 10.0 Å². The van der Waals surface area contributed by atoms with Gasteiger partial charge in [-0.05, 0) is 69.6 Å². The molecular formula is C17H28N2O. The third-order valence-electron chi connectivity index (χ3n) is 4.20. The molecule has 0 bridgehead atoms. The number of phenols is 1.